The van der Waals surface area contributed by atoms with Crippen molar-refractivity contribution in [3.05, 3.63) is 112 Å². The normalized spacial score (nSPS) is 17.6. The van der Waals surface area contributed by atoms with Gasteiger partial charge in [0.15, 0.2) is 0 Å². The zero-order valence-corrected chi connectivity index (χ0v) is 23.5. The molecule has 0 saturated carbocycles. The number of carboxylic acids is 1. The molecule has 4 aromatic carbocycles. The molecule has 3 heterocycles. The minimum atomic E-state index is -1.14. The first-order valence-electron chi connectivity index (χ1n) is 13.8. The number of aromatic nitrogens is 2. The molecule has 1 fully saturated rings. The van der Waals surface area contributed by atoms with Gasteiger partial charge in [-0.2, -0.15) is 0 Å². The van der Waals surface area contributed by atoms with Gasteiger partial charge in [0, 0.05) is 29.2 Å². The van der Waals surface area contributed by atoms with Crippen LogP contribution in [0.25, 0.3) is 22.2 Å². The number of nitrogens with one attached hydrogen (secondary N) is 1. The van der Waals surface area contributed by atoms with Gasteiger partial charge in [0.2, 0.25) is 6.10 Å². The number of amides is 1. The number of nitrogens with zero attached hydrogens (tertiary/aromatic N) is 2. The van der Waals surface area contributed by atoms with Crippen molar-refractivity contribution >= 4 is 40.2 Å². The van der Waals surface area contributed by atoms with Crippen LogP contribution in [-0.4, -0.2) is 39.2 Å². The molecule has 1 amide bonds. The van der Waals surface area contributed by atoms with Crippen molar-refractivity contribution < 1.29 is 28.6 Å². The third kappa shape index (κ3) is 5.11. The van der Waals surface area contributed by atoms with Crippen LogP contribution in [0.5, 0.6) is 5.75 Å². The molecule has 0 aliphatic carbocycles. The van der Waals surface area contributed by atoms with Crippen molar-refractivity contribution in [2.45, 2.75) is 31.6 Å². The van der Waals surface area contributed by atoms with Gasteiger partial charge in [-0.15, -0.1) is 0 Å². The molecular formula is C33H25ClFN3O5. The Morgan fingerprint density at radius 2 is 1.91 bits per heavy atom. The molecule has 2 atom stereocenters. The van der Waals surface area contributed by atoms with Crippen molar-refractivity contribution in [1.29, 1.82) is 0 Å². The zero-order chi connectivity index (χ0) is 29.7. The molecule has 7 rings (SSSR count). The van der Waals surface area contributed by atoms with E-state index in [2.05, 4.69) is 9.88 Å². The van der Waals surface area contributed by atoms with Crippen molar-refractivity contribution in [1.82, 2.24) is 9.55 Å². The van der Waals surface area contributed by atoms with Gasteiger partial charge in [-0.05, 0) is 53.9 Å². The van der Waals surface area contributed by atoms with E-state index in [4.69, 9.17) is 26.1 Å². The van der Waals surface area contributed by atoms with E-state index in [9.17, 15) is 19.1 Å². The van der Waals surface area contributed by atoms with Gasteiger partial charge < -0.3 is 24.5 Å². The van der Waals surface area contributed by atoms with Gasteiger partial charge in [0.25, 0.3) is 5.91 Å². The number of benzene rings is 4. The molecule has 0 spiro atoms. The summed E-state index contributed by atoms with van der Waals surface area (Å²) in [6.45, 7) is 1.32. The lowest BCUT2D eigenvalue weighted by atomic mass is 9.98. The van der Waals surface area contributed by atoms with E-state index in [1.54, 1.807) is 24.3 Å². The highest BCUT2D eigenvalue weighted by Crippen LogP contribution is 2.42. The lowest BCUT2D eigenvalue weighted by Gasteiger charge is -2.28. The Morgan fingerprint density at radius 1 is 1.09 bits per heavy atom. The number of carbonyl (C=O) groups is 2. The molecule has 43 heavy (non-hydrogen) atoms. The number of para-hydroxylation sites is 1. The number of aromatic carboxylic acids is 1. The number of fused-ring (bicyclic) bond motifs is 2. The molecule has 10 heteroatoms. The lowest BCUT2D eigenvalue weighted by molar-refractivity contribution is -0.123. The van der Waals surface area contributed by atoms with E-state index in [0.717, 1.165) is 52.6 Å². The molecule has 1 unspecified atom stereocenters. The standard InChI is InChI=1S/C33H25ClFN3O5/c34-21-9-10-24(25(35)16-21)31-32(39)37-30-23(2-1-3-28(30)43-31)19-6-4-18(5-7-19)14-29-36-26-11-8-20(33(40)41)15-27(26)38(29)17-22-12-13-42-22/h1-11,15-16,22,31H,12-14,17H2,(H,37,39)(H,40,41)/t22-,31?/m0/s1. The topological polar surface area (TPSA) is 103 Å². The molecule has 2 aliphatic rings. The molecule has 1 saturated heterocycles. The fraction of sp³-hybridized carbons (Fsp3) is 0.182. The number of carbonyl (C=O) groups excluding carboxylic acids is 1. The van der Waals surface area contributed by atoms with Gasteiger partial charge in [0.05, 0.1) is 34.9 Å². The second-order valence-corrected chi connectivity index (χ2v) is 11.1. The van der Waals surface area contributed by atoms with Crippen molar-refractivity contribution in [2.75, 3.05) is 11.9 Å². The highest BCUT2D eigenvalue weighted by molar-refractivity contribution is 6.30. The summed E-state index contributed by atoms with van der Waals surface area (Å²) in [5.41, 5.74) is 4.98. The first-order chi connectivity index (χ1) is 20.8. The van der Waals surface area contributed by atoms with E-state index < -0.39 is 23.8 Å². The summed E-state index contributed by atoms with van der Waals surface area (Å²) >= 11 is 5.88. The van der Waals surface area contributed by atoms with E-state index in [-0.39, 0.29) is 22.3 Å². The number of hydrogen-bond donors (Lipinski definition) is 2. The molecule has 216 valence electrons. The average Bonchev–Trinajstić information content (AvgIpc) is 3.31. The van der Waals surface area contributed by atoms with Gasteiger partial charge in [0.1, 0.15) is 17.4 Å². The van der Waals surface area contributed by atoms with Crippen LogP contribution in [0.15, 0.2) is 78.9 Å². The SMILES string of the molecule is O=C(O)c1ccc2nc(Cc3ccc(-c4cccc5c4NC(=O)C(c4ccc(Cl)cc4F)O5)cc3)n(C[C@@H]3CCO3)c2c1. The fourth-order valence-corrected chi connectivity index (χ4v) is 5.71. The number of halogens is 2. The average molecular weight is 598 g/mol. The van der Waals surface area contributed by atoms with Gasteiger partial charge in [-0.1, -0.05) is 54.1 Å². The molecule has 0 bridgehead atoms. The van der Waals surface area contributed by atoms with Crippen LogP contribution in [0.2, 0.25) is 5.02 Å². The van der Waals surface area contributed by atoms with E-state index in [1.807, 2.05) is 36.4 Å². The Bertz CT molecular complexity index is 1900. The first kappa shape index (κ1) is 27.1. The van der Waals surface area contributed by atoms with Gasteiger partial charge in [-0.25, -0.2) is 14.2 Å². The first-order valence-corrected chi connectivity index (χ1v) is 14.2. The maximum Gasteiger partial charge on any atom is 0.335 e. The van der Waals surface area contributed by atoms with Crippen LogP contribution in [0.4, 0.5) is 10.1 Å². The fourth-order valence-electron chi connectivity index (χ4n) is 5.55. The smallest absolute Gasteiger partial charge is 0.335 e. The summed E-state index contributed by atoms with van der Waals surface area (Å²) in [5, 5.41) is 12.6. The highest BCUT2D eigenvalue weighted by Gasteiger charge is 2.32. The number of hydrogen-bond acceptors (Lipinski definition) is 5. The predicted molar refractivity (Wildman–Crippen MR) is 159 cm³/mol. The molecule has 2 N–H and O–H groups in total. The van der Waals surface area contributed by atoms with Gasteiger partial charge in [-0.3, -0.25) is 4.79 Å². The molecule has 1 aromatic heterocycles. The van der Waals surface area contributed by atoms with Crippen molar-refractivity contribution in [3.63, 3.8) is 0 Å². The zero-order valence-electron chi connectivity index (χ0n) is 22.7. The molecule has 0 radical (unpaired) electrons. The van der Waals surface area contributed by atoms with Crippen LogP contribution in [0.3, 0.4) is 0 Å². The summed E-state index contributed by atoms with van der Waals surface area (Å²) in [6, 6.07) is 22.5. The summed E-state index contributed by atoms with van der Waals surface area (Å²) < 4.78 is 28.3. The minimum Gasteiger partial charge on any atom is -0.478 e. The largest absolute Gasteiger partial charge is 0.478 e. The Morgan fingerprint density at radius 3 is 2.63 bits per heavy atom. The Kier molecular flexibility index (Phi) is 6.83. The third-order valence-corrected chi connectivity index (χ3v) is 8.12. The van der Waals surface area contributed by atoms with E-state index in [1.165, 1.54) is 12.1 Å². The maximum atomic E-state index is 14.6. The minimum absolute atomic E-state index is 0.0736. The van der Waals surface area contributed by atoms with Crippen LogP contribution in [-0.2, 0) is 22.5 Å². The highest BCUT2D eigenvalue weighted by atomic mass is 35.5. The van der Waals surface area contributed by atoms with E-state index in [0.29, 0.717) is 24.4 Å². The summed E-state index contributed by atoms with van der Waals surface area (Å²) in [4.78, 5) is 29.4. The molecule has 5 aromatic rings. The molecule has 8 nitrogen and oxygen atoms in total. The number of carboxylic acid groups (broad SMARTS) is 1. The third-order valence-electron chi connectivity index (χ3n) is 7.88. The predicted octanol–water partition coefficient (Wildman–Crippen LogP) is 6.65. The second kappa shape index (κ2) is 10.8. The summed E-state index contributed by atoms with van der Waals surface area (Å²) in [7, 11) is 0. The monoisotopic (exact) mass is 597 g/mol. The molecule has 2 aliphatic heterocycles. The summed E-state index contributed by atoms with van der Waals surface area (Å²) in [6.07, 6.45) is 0.414. The van der Waals surface area contributed by atoms with Crippen molar-refractivity contribution in [3.8, 4) is 16.9 Å². The maximum absolute atomic E-state index is 14.6. The summed E-state index contributed by atoms with van der Waals surface area (Å²) in [5.74, 6) is -0.812. The Balaban J connectivity index is 1.16. The number of anilines is 1. The quantitative estimate of drug-likeness (QED) is 0.218. The number of imidazole rings is 1. The Labute approximate surface area is 250 Å². The molecular weight excluding hydrogens is 573 g/mol. The number of ether oxygens (including phenoxy) is 2. The Hall–Kier alpha value is -4.73. The second-order valence-electron chi connectivity index (χ2n) is 10.6. The van der Waals surface area contributed by atoms with Crippen LogP contribution in [0.1, 0.15) is 39.8 Å². The van der Waals surface area contributed by atoms with E-state index >= 15 is 0 Å². The van der Waals surface area contributed by atoms with Crippen LogP contribution >= 0.6 is 11.6 Å². The van der Waals surface area contributed by atoms with Gasteiger partial charge >= 0.3 is 5.97 Å². The lowest BCUT2D eigenvalue weighted by Crippen LogP contribution is -2.31. The number of rotatable bonds is 7. The van der Waals surface area contributed by atoms with Crippen LogP contribution < -0.4 is 10.1 Å². The van der Waals surface area contributed by atoms with Crippen LogP contribution in [0, 0.1) is 5.82 Å². The van der Waals surface area contributed by atoms with Crippen molar-refractivity contribution in [2.24, 2.45) is 0 Å².